The molecule has 2 aromatic carbocycles. The summed E-state index contributed by atoms with van der Waals surface area (Å²) in [7, 11) is 4.14. The van der Waals surface area contributed by atoms with Crippen molar-refractivity contribution in [1.82, 2.24) is 15.5 Å². The Morgan fingerprint density at radius 3 is 2.19 bits per heavy atom. The Bertz CT molecular complexity index is 793. The maximum Gasteiger partial charge on any atom is 0.227 e. The van der Waals surface area contributed by atoms with Crippen LogP contribution in [-0.2, 0) is 11.2 Å². The molecular formula is C27H41N3O2. The second-order valence-corrected chi connectivity index (χ2v) is 9.78. The van der Waals surface area contributed by atoms with E-state index in [1.165, 1.54) is 0 Å². The van der Waals surface area contributed by atoms with Gasteiger partial charge in [-0.1, -0.05) is 81.4 Å². The topological polar surface area (TPSA) is 64.6 Å². The van der Waals surface area contributed by atoms with Crippen molar-refractivity contribution < 1.29 is 9.90 Å². The zero-order chi connectivity index (χ0) is 23.6. The standard InChI is InChI=1S/C27H41N3O2/c1-6-23(22-15-11-8-12-16-22)26(32)29-24(17-21-13-9-7-10-14-21)25(31)18-28-19-27(2,3)20-30(4)5/h7-16,23-25,28,31H,6,17-20H2,1-5H3,(H,29,32)/t23?,24-,25-/m1/s1. The molecule has 0 saturated carbocycles. The molecule has 2 rings (SSSR count). The first kappa shape index (κ1) is 26.0. The predicted octanol–water partition coefficient (Wildman–Crippen LogP) is 3.45. The third-order valence-corrected chi connectivity index (χ3v) is 5.72. The summed E-state index contributed by atoms with van der Waals surface area (Å²) in [5.74, 6) is -0.264. The fourth-order valence-corrected chi connectivity index (χ4v) is 4.31. The maximum absolute atomic E-state index is 13.2. The highest BCUT2D eigenvalue weighted by molar-refractivity contribution is 5.83. The van der Waals surface area contributed by atoms with E-state index in [0.29, 0.717) is 19.4 Å². The highest BCUT2D eigenvalue weighted by Crippen LogP contribution is 2.20. The van der Waals surface area contributed by atoms with E-state index in [1.54, 1.807) is 0 Å². The van der Waals surface area contributed by atoms with E-state index in [0.717, 1.165) is 24.2 Å². The molecule has 0 heterocycles. The molecule has 0 radical (unpaired) electrons. The lowest BCUT2D eigenvalue weighted by atomic mass is 9.92. The Morgan fingerprint density at radius 2 is 1.62 bits per heavy atom. The molecule has 0 fully saturated rings. The molecule has 5 nitrogen and oxygen atoms in total. The number of benzene rings is 2. The first-order valence-corrected chi connectivity index (χ1v) is 11.6. The van der Waals surface area contributed by atoms with E-state index in [1.807, 2.05) is 67.6 Å². The van der Waals surface area contributed by atoms with E-state index in [-0.39, 0.29) is 23.3 Å². The summed E-state index contributed by atoms with van der Waals surface area (Å²) in [6, 6.07) is 19.5. The van der Waals surface area contributed by atoms with E-state index in [4.69, 9.17) is 0 Å². The largest absolute Gasteiger partial charge is 0.390 e. The molecule has 0 aliphatic carbocycles. The van der Waals surface area contributed by atoms with Crippen molar-refractivity contribution in [3.8, 4) is 0 Å². The number of carbonyl (C=O) groups is 1. The zero-order valence-corrected chi connectivity index (χ0v) is 20.3. The third kappa shape index (κ3) is 8.73. The summed E-state index contributed by atoms with van der Waals surface area (Å²) < 4.78 is 0. The van der Waals surface area contributed by atoms with E-state index >= 15 is 0 Å². The average Bonchev–Trinajstić information content (AvgIpc) is 2.74. The zero-order valence-electron chi connectivity index (χ0n) is 20.3. The van der Waals surface area contributed by atoms with Crippen LogP contribution in [0.5, 0.6) is 0 Å². The first-order valence-electron chi connectivity index (χ1n) is 11.6. The van der Waals surface area contributed by atoms with Crippen LogP contribution in [0.25, 0.3) is 0 Å². The van der Waals surface area contributed by atoms with Crippen molar-refractivity contribution in [3.63, 3.8) is 0 Å². The van der Waals surface area contributed by atoms with Crippen molar-refractivity contribution in [2.75, 3.05) is 33.7 Å². The number of nitrogens with zero attached hydrogens (tertiary/aromatic N) is 1. The van der Waals surface area contributed by atoms with Gasteiger partial charge < -0.3 is 20.6 Å². The minimum Gasteiger partial charge on any atom is -0.390 e. The van der Waals surface area contributed by atoms with Gasteiger partial charge in [-0.15, -0.1) is 0 Å². The molecule has 0 saturated heterocycles. The van der Waals surface area contributed by atoms with Crippen LogP contribution in [0.2, 0.25) is 0 Å². The Morgan fingerprint density at radius 1 is 1.03 bits per heavy atom. The molecule has 0 spiro atoms. The summed E-state index contributed by atoms with van der Waals surface area (Å²) in [5.41, 5.74) is 2.18. The van der Waals surface area contributed by atoms with E-state index in [2.05, 4.69) is 43.5 Å². The van der Waals surface area contributed by atoms with E-state index in [9.17, 15) is 9.90 Å². The number of nitrogens with one attached hydrogen (secondary N) is 2. The smallest absolute Gasteiger partial charge is 0.227 e. The second-order valence-electron chi connectivity index (χ2n) is 9.78. The quantitative estimate of drug-likeness (QED) is 0.447. The van der Waals surface area contributed by atoms with Crippen LogP contribution in [0, 0.1) is 5.41 Å². The third-order valence-electron chi connectivity index (χ3n) is 5.72. The molecule has 32 heavy (non-hydrogen) atoms. The fourth-order valence-electron chi connectivity index (χ4n) is 4.31. The molecule has 2 aromatic rings. The van der Waals surface area contributed by atoms with Gasteiger partial charge in [0.1, 0.15) is 0 Å². The molecular weight excluding hydrogens is 398 g/mol. The Hall–Kier alpha value is -2.21. The Labute approximate surface area is 194 Å². The summed E-state index contributed by atoms with van der Waals surface area (Å²) in [5, 5.41) is 17.6. The minimum absolute atomic E-state index is 0.0355. The van der Waals surface area contributed by atoms with Crippen molar-refractivity contribution in [3.05, 3.63) is 71.8 Å². The van der Waals surface area contributed by atoms with Crippen LogP contribution in [0.4, 0.5) is 0 Å². The molecule has 1 unspecified atom stereocenters. The van der Waals surface area contributed by atoms with Gasteiger partial charge in [-0.25, -0.2) is 0 Å². The lowest BCUT2D eigenvalue weighted by molar-refractivity contribution is -0.124. The molecule has 1 amide bonds. The lowest BCUT2D eigenvalue weighted by Gasteiger charge is -2.31. The van der Waals surface area contributed by atoms with Crippen LogP contribution >= 0.6 is 0 Å². The molecule has 3 N–H and O–H groups in total. The Kier molecular flexibility index (Phi) is 10.4. The minimum atomic E-state index is -0.692. The number of hydrogen-bond donors (Lipinski definition) is 3. The van der Waals surface area contributed by atoms with Gasteiger partial charge in [0.15, 0.2) is 0 Å². The van der Waals surface area contributed by atoms with Gasteiger partial charge in [-0.3, -0.25) is 4.79 Å². The molecule has 5 heteroatoms. The van der Waals surface area contributed by atoms with Crippen LogP contribution < -0.4 is 10.6 Å². The van der Waals surface area contributed by atoms with Gasteiger partial charge in [0.25, 0.3) is 0 Å². The number of aliphatic hydroxyl groups excluding tert-OH is 1. The van der Waals surface area contributed by atoms with Crippen LogP contribution in [0.3, 0.4) is 0 Å². The SMILES string of the molecule is CCC(C(=O)N[C@H](Cc1ccccc1)[C@H](O)CNCC(C)(C)CN(C)C)c1ccccc1. The number of hydrogen-bond acceptors (Lipinski definition) is 4. The van der Waals surface area contributed by atoms with Crippen LogP contribution in [0.15, 0.2) is 60.7 Å². The number of aliphatic hydroxyl groups is 1. The van der Waals surface area contributed by atoms with Gasteiger partial charge >= 0.3 is 0 Å². The van der Waals surface area contributed by atoms with Gasteiger partial charge in [0.05, 0.1) is 18.1 Å². The summed E-state index contributed by atoms with van der Waals surface area (Å²) in [6.07, 6.45) is 0.602. The molecule has 0 aliphatic heterocycles. The van der Waals surface area contributed by atoms with Gasteiger partial charge in [-0.05, 0) is 43.5 Å². The molecule has 3 atom stereocenters. The van der Waals surface area contributed by atoms with Crippen molar-refractivity contribution in [2.24, 2.45) is 5.41 Å². The Balaban J connectivity index is 2.07. The van der Waals surface area contributed by atoms with Gasteiger partial charge in [0, 0.05) is 19.6 Å². The monoisotopic (exact) mass is 439 g/mol. The fraction of sp³-hybridized carbons (Fsp3) is 0.519. The van der Waals surface area contributed by atoms with E-state index < -0.39 is 6.10 Å². The maximum atomic E-state index is 13.2. The molecule has 176 valence electrons. The lowest BCUT2D eigenvalue weighted by Crippen LogP contribution is -2.51. The molecule has 0 bridgehead atoms. The number of amides is 1. The number of carbonyl (C=O) groups excluding carboxylic acids is 1. The first-order chi connectivity index (χ1) is 15.2. The highest BCUT2D eigenvalue weighted by Gasteiger charge is 2.27. The van der Waals surface area contributed by atoms with Gasteiger partial charge in [0.2, 0.25) is 5.91 Å². The van der Waals surface area contributed by atoms with Crippen LogP contribution in [-0.4, -0.2) is 61.8 Å². The van der Waals surface area contributed by atoms with Crippen molar-refractivity contribution >= 4 is 5.91 Å². The van der Waals surface area contributed by atoms with Crippen LogP contribution in [0.1, 0.15) is 44.2 Å². The normalized spacial score (nSPS) is 14.7. The average molecular weight is 440 g/mol. The van der Waals surface area contributed by atoms with Gasteiger partial charge in [-0.2, -0.15) is 0 Å². The summed E-state index contributed by atoms with van der Waals surface area (Å²) >= 11 is 0. The molecule has 0 aliphatic rings. The highest BCUT2D eigenvalue weighted by atomic mass is 16.3. The number of rotatable bonds is 13. The van der Waals surface area contributed by atoms with Crippen molar-refractivity contribution in [1.29, 1.82) is 0 Å². The molecule has 0 aromatic heterocycles. The summed E-state index contributed by atoms with van der Waals surface area (Å²) in [4.78, 5) is 15.4. The summed E-state index contributed by atoms with van der Waals surface area (Å²) in [6.45, 7) is 8.61. The van der Waals surface area contributed by atoms with Crippen molar-refractivity contribution in [2.45, 2.75) is 51.7 Å². The predicted molar refractivity (Wildman–Crippen MR) is 133 cm³/mol. The second kappa shape index (κ2) is 12.7.